The van der Waals surface area contributed by atoms with Crippen LogP contribution in [0.1, 0.15) is 71.3 Å². The number of fused-ring (bicyclic) bond motifs is 1. The van der Waals surface area contributed by atoms with Crippen molar-refractivity contribution in [3.05, 3.63) is 23.8 Å². The first-order valence-electron chi connectivity index (χ1n) is 12.6. The van der Waals surface area contributed by atoms with Gasteiger partial charge in [-0.3, -0.25) is 9.69 Å². The summed E-state index contributed by atoms with van der Waals surface area (Å²) >= 11 is 0. The highest BCUT2D eigenvalue weighted by Gasteiger charge is 2.36. The van der Waals surface area contributed by atoms with E-state index in [2.05, 4.69) is 31.3 Å². The Morgan fingerprint density at radius 1 is 1.18 bits per heavy atom. The summed E-state index contributed by atoms with van der Waals surface area (Å²) in [5.41, 5.74) is 2.74. The van der Waals surface area contributed by atoms with E-state index in [0.29, 0.717) is 31.7 Å². The molecule has 1 saturated carbocycles. The lowest BCUT2D eigenvalue weighted by Crippen LogP contribution is -2.52. The molecule has 2 heterocycles. The van der Waals surface area contributed by atoms with Gasteiger partial charge in [0.05, 0.1) is 30.6 Å². The van der Waals surface area contributed by atoms with Crippen molar-refractivity contribution in [2.24, 2.45) is 5.92 Å². The van der Waals surface area contributed by atoms with Crippen LogP contribution in [0.3, 0.4) is 0 Å². The van der Waals surface area contributed by atoms with E-state index in [0.717, 1.165) is 43.1 Å². The van der Waals surface area contributed by atoms with Crippen LogP contribution in [0.5, 0.6) is 0 Å². The summed E-state index contributed by atoms with van der Waals surface area (Å²) in [7, 11) is 0. The lowest BCUT2D eigenvalue weighted by atomic mass is 9.93. The van der Waals surface area contributed by atoms with E-state index in [9.17, 15) is 9.59 Å². The van der Waals surface area contributed by atoms with Crippen LogP contribution in [0.4, 0.5) is 16.2 Å². The Hall–Kier alpha value is -2.12. The molecule has 1 aliphatic carbocycles. The number of carbonyl (C=O) groups is 2. The predicted molar refractivity (Wildman–Crippen MR) is 130 cm³/mol. The summed E-state index contributed by atoms with van der Waals surface area (Å²) in [5.74, 6) is 1.14. The quantitative estimate of drug-likeness (QED) is 0.655. The standard InChI is InChI=1S/C26H39N3O4/c1-5-20(15-27-18(3)21-6-7-21)22-8-9-24-25(14-22)28(16-17(2)29(24)19(4)30)26(31)33-23-10-12-32-13-11-23/h8-9,14,17-18,20-21,23,27H,5-7,10-13,15-16H2,1-4H3/t17-,18?,20?/m0/s1. The molecular formula is C26H39N3O4. The summed E-state index contributed by atoms with van der Waals surface area (Å²) in [5, 5.41) is 3.71. The number of anilines is 2. The van der Waals surface area contributed by atoms with Gasteiger partial charge < -0.3 is 19.7 Å². The number of rotatable bonds is 7. The maximum absolute atomic E-state index is 13.2. The summed E-state index contributed by atoms with van der Waals surface area (Å²) < 4.78 is 11.3. The highest BCUT2D eigenvalue weighted by atomic mass is 16.6. The molecule has 2 fully saturated rings. The average Bonchev–Trinajstić information content (AvgIpc) is 3.65. The molecule has 3 atom stereocenters. The Morgan fingerprint density at radius 3 is 2.55 bits per heavy atom. The first-order valence-corrected chi connectivity index (χ1v) is 12.6. The van der Waals surface area contributed by atoms with Crippen LogP contribution >= 0.6 is 0 Å². The lowest BCUT2D eigenvalue weighted by Gasteiger charge is -2.41. The molecule has 3 aliphatic rings. The molecule has 0 radical (unpaired) electrons. The second-order valence-corrected chi connectivity index (χ2v) is 9.93. The van der Waals surface area contributed by atoms with Crippen LogP contribution in [-0.4, -0.2) is 56.5 Å². The summed E-state index contributed by atoms with van der Waals surface area (Å²) in [4.78, 5) is 29.2. The Balaban J connectivity index is 1.58. The van der Waals surface area contributed by atoms with Gasteiger partial charge in [-0.1, -0.05) is 13.0 Å². The zero-order valence-corrected chi connectivity index (χ0v) is 20.5. The van der Waals surface area contributed by atoms with E-state index >= 15 is 0 Å². The molecule has 0 aromatic heterocycles. The first kappa shape index (κ1) is 24.0. The molecule has 4 rings (SSSR count). The SMILES string of the molecule is CCC(CNC(C)C1CC1)c1ccc2c(c1)N(C(=O)OC1CCOCC1)C[C@H](C)N2C(C)=O. The van der Waals surface area contributed by atoms with Gasteiger partial charge in [-0.15, -0.1) is 0 Å². The third-order valence-corrected chi connectivity index (χ3v) is 7.41. The molecule has 0 bridgehead atoms. The first-order chi connectivity index (χ1) is 15.9. The van der Waals surface area contributed by atoms with Gasteiger partial charge in [0.15, 0.2) is 0 Å². The van der Waals surface area contributed by atoms with Crippen LogP contribution < -0.4 is 15.1 Å². The van der Waals surface area contributed by atoms with Crippen LogP contribution in [-0.2, 0) is 14.3 Å². The lowest BCUT2D eigenvalue weighted by molar-refractivity contribution is -0.117. The summed E-state index contributed by atoms with van der Waals surface area (Å²) in [6, 6.07) is 6.64. The van der Waals surface area contributed by atoms with Gasteiger partial charge >= 0.3 is 6.09 Å². The maximum Gasteiger partial charge on any atom is 0.414 e. The second-order valence-electron chi connectivity index (χ2n) is 9.93. The number of hydrogen-bond acceptors (Lipinski definition) is 5. The summed E-state index contributed by atoms with van der Waals surface area (Å²) in [6.45, 7) is 10.6. The normalized spacial score (nSPS) is 23.1. The molecule has 2 aliphatic heterocycles. The number of hydrogen-bond donors (Lipinski definition) is 1. The number of amides is 2. The Morgan fingerprint density at radius 2 is 1.91 bits per heavy atom. The fourth-order valence-corrected chi connectivity index (χ4v) is 5.14. The second kappa shape index (κ2) is 10.4. The van der Waals surface area contributed by atoms with Crippen molar-refractivity contribution < 1.29 is 19.1 Å². The molecule has 33 heavy (non-hydrogen) atoms. The van der Waals surface area contributed by atoms with Crippen molar-refractivity contribution in [1.82, 2.24) is 5.32 Å². The monoisotopic (exact) mass is 457 g/mol. The van der Waals surface area contributed by atoms with Gasteiger partial charge in [-0.25, -0.2) is 4.79 Å². The molecule has 1 aromatic carbocycles. The number of carbonyl (C=O) groups excluding carboxylic acids is 2. The van der Waals surface area contributed by atoms with Crippen molar-refractivity contribution in [3.8, 4) is 0 Å². The van der Waals surface area contributed by atoms with Crippen LogP contribution in [0.15, 0.2) is 18.2 Å². The van der Waals surface area contributed by atoms with Crippen molar-refractivity contribution in [1.29, 1.82) is 0 Å². The molecule has 0 spiro atoms. The molecular weight excluding hydrogens is 418 g/mol. The van der Waals surface area contributed by atoms with E-state index in [1.165, 1.54) is 18.4 Å². The third-order valence-electron chi connectivity index (χ3n) is 7.41. The fourth-order valence-electron chi connectivity index (χ4n) is 5.14. The largest absolute Gasteiger partial charge is 0.446 e. The van der Waals surface area contributed by atoms with Crippen LogP contribution in [0, 0.1) is 5.92 Å². The molecule has 2 unspecified atom stereocenters. The van der Waals surface area contributed by atoms with Crippen molar-refractivity contribution in [2.45, 2.75) is 83.9 Å². The van der Waals surface area contributed by atoms with E-state index in [1.54, 1.807) is 16.7 Å². The maximum atomic E-state index is 13.2. The minimum Gasteiger partial charge on any atom is -0.446 e. The molecule has 1 aromatic rings. The molecule has 182 valence electrons. The van der Waals surface area contributed by atoms with Gasteiger partial charge in [-0.2, -0.15) is 0 Å². The predicted octanol–water partition coefficient (Wildman–Crippen LogP) is 4.45. The number of benzene rings is 1. The average molecular weight is 458 g/mol. The van der Waals surface area contributed by atoms with E-state index < -0.39 is 0 Å². The van der Waals surface area contributed by atoms with Crippen LogP contribution in [0.2, 0.25) is 0 Å². The molecule has 1 N–H and O–H groups in total. The van der Waals surface area contributed by atoms with Crippen molar-refractivity contribution in [3.63, 3.8) is 0 Å². The fraction of sp³-hybridized carbons (Fsp3) is 0.692. The van der Waals surface area contributed by atoms with Crippen molar-refractivity contribution >= 4 is 23.4 Å². The molecule has 7 nitrogen and oxygen atoms in total. The highest BCUT2D eigenvalue weighted by molar-refractivity contribution is 6.02. The topological polar surface area (TPSA) is 71.1 Å². The van der Waals surface area contributed by atoms with Gasteiger partial charge in [0.1, 0.15) is 6.10 Å². The molecule has 1 saturated heterocycles. The Bertz CT molecular complexity index is 850. The van der Waals surface area contributed by atoms with E-state index in [4.69, 9.17) is 9.47 Å². The minimum atomic E-state index is -0.330. The minimum absolute atomic E-state index is 0.0130. The highest BCUT2D eigenvalue weighted by Crippen LogP contribution is 2.39. The summed E-state index contributed by atoms with van der Waals surface area (Å²) in [6.07, 6.45) is 4.66. The number of nitrogens with one attached hydrogen (secondary N) is 1. The molecule has 7 heteroatoms. The number of nitrogens with zero attached hydrogens (tertiary/aromatic N) is 2. The number of ether oxygens (including phenoxy) is 2. The van der Waals surface area contributed by atoms with Gasteiger partial charge in [0, 0.05) is 38.9 Å². The Kier molecular flexibility index (Phi) is 7.59. The molecule has 2 amide bonds. The smallest absolute Gasteiger partial charge is 0.414 e. The zero-order chi connectivity index (χ0) is 23.5. The van der Waals surface area contributed by atoms with Gasteiger partial charge in [-0.05, 0) is 62.6 Å². The van der Waals surface area contributed by atoms with E-state index in [1.807, 2.05) is 13.0 Å². The Labute approximate surface area is 197 Å². The van der Waals surface area contributed by atoms with Gasteiger partial charge in [0.25, 0.3) is 0 Å². The van der Waals surface area contributed by atoms with E-state index in [-0.39, 0.29) is 24.1 Å². The van der Waals surface area contributed by atoms with Crippen molar-refractivity contribution in [2.75, 3.05) is 36.1 Å². The zero-order valence-electron chi connectivity index (χ0n) is 20.5. The van der Waals surface area contributed by atoms with Crippen LogP contribution in [0.25, 0.3) is 0 Å². The third kappa shape index (κ3) is 5.52. The van der Waals surface area contributed by atoms with Gasteiger partial charge in [0.2, 0.25) is 5.91 Å².